The average Bonchev–Trinajstić information content (AvgIpc) is 2.48. The number of benzene rings is 1. The van der Waals surface area contributed by atoms with Crippen LogP contribution in [-0.4, -0.2) is 56.1 Å². The van der Waals surface area contributed by atoms with Gasteiger partial charge < -0.3 is 14.6 Å². The van der Waals surface area contributed by atoms with E-state index in [0.717, 1.165) is 13.1 Å². The number of aryl methyl sites for hydroxylation is 2. The molecule has 0 unspecified atom stereocenters. The maximum absolute atomic E-state index is 10.1. The van der Waals surface area contributed by atoms with E-state index in [-0.39, 0.29) is 0 Å². The Morgan fingerprint density at radius 1 is 1.36 bits per heavy atom. The van der Waals surface area contributed by atoms with Crippen molar-refractivity contribution in [1.29, 1.82) is 0 Å². The number of aliphatic hydroxyl groups excluding tert-OH is 1. The number of ether oxygens (including phenoxy) is 2. The Morgan fingerprint density at radius 2 is 2.14 bits per heavy atom. The Kier molecular flexibility index (Phi) is 9.01. The predicted molar refractivity (Wildman–Crippen MR) is 90.1 cm³/mol. The van der Waals surface area contributed by atoms with Crippen molar-refractivity contribution in [1.82, 2.24) is 4.90 Å². The summed E-state index contributed by atoms with van der Waals surface area (Å²) in [7, 11) is 1.69. The monoisotopic (exact) mass is 307 g/mol. The standard InChI is InChI=1S/C18H29NO3/c1-5-9-22-14-18(20)13-19(8-10-21-4)12-17-11-15(2)6-7-16(17)3/h5-7,11,18,20H,1,8-10,12-14H2,2-4H3/t18-/m1/s1. The molecule has 1 rings (SSSR count). The van der Waals surface area contributed by atoms with Crippen molar-refractivity contribution in [2.75, 3.05) is 40.0 Å². The molecule has 124 valence electrons. The highest BCUT2D eigenvalue weighted by atomic mass is 16.5. The van der Waals surface area contributed by atoms with Crippen molar-refractivity contribution in [2.24, 2.45) is 0 Å². The van der Waals surface area contributed by atoms with Gasteiger partial charge in [-0.05, 0) is 25.0 Å². The summed E-state index contributed by atoms with van der Waals surface area (Å²) in [6, 6.07) is 6.47. The summed E-state index contributed by atoms with van der Waals surface area (Å²) in [5, 5.41) is 10.1. The van der Waals surface area contributed by atoms with Crippen molar-refractivity contribution < 1.29 is 14.6 Å². The SMILES string of the molecule is C=CCOC[C@H](O)CN(CCOC)Cc1cc(C)ccc1C. The molecule has 4 heteroatoms. The van der Waals surface area contributed by atoms with Gasteiger partial charge in [-0.3, -0.25) is 4.90 Å². The zero-order valence-electron chi connectivity index (χ0n) is 14.0. The third-order valence-corrected chi connectivity index (χ3v) is 3.53. The predicted octanol–water partition coefficient (Wildman–Crippen LogP) is 2.32. The lowest BCUT2D eigenvalue weighted by molar-refractivity contribution is 0.0193. The van der Waals surface area contributed by atoms with Gasteiger partial charge in [-0.25, -0.2) is 0 Å². The molecule has 0 radical (unpaired) electrons. The van der Waals surface area contributed by atoms with E-state index in [9.17, 15) is 5.11 Å². The molecule has 0 aliphatic carbocycles. The molecule has 0 spiro atoms. The van der Waals surface area contributed by atoms with E-state index in [1.165, 1.54) is 16.7 Å². The number of hydrogen-bond acceptors (Lipinski definition) is 4. The fourth-order valence-corrected chi connectivity index (χ4v) is 2.30. The number of aliphatic hydroxyl groups is 1. The first-order valence-electron chi connectivity index (χ1n) is 7.71. The van der Waals surface area contributed by atoms with Crippen LogP contribution in [0, 0.1) is 13.8 Å². The molecular formula is C18H29NO3. The summed E-state index contributed by atoms with van der Waals surface area (Å²) >= 11 is 0. The largest absolute Gasteiger partial charge is 0.389 e. The Morgan fingerprint density at radius 3 is 2.82 bits per heavy atom. The molecule has 0 aliphatic heterocycles. The van der Waals surface area contributed by atoms with Crippen LogP contribution >= 0.6 is 0 Å². The molecule has 0 amide bonds. The van der Waals surface area contributed by atoms with Crippen molar-refractivity contribution >= 4 is 0 Å². The summed E-state index contributed by atoms with van der Waals surface area (Å²) in [6.45, 7) is 11.4. The number of rotatable bonds is 11. The first kappa shape index (κ1) is 18.8. The number of nitrogens with zero attached hydrogens (tertiary/aromatic N) is 1. The van der Waals surface area contributed by atoms with E-state index in [1.807, 2.05) is 0 Å². The maximum Gasteiger partial charge on any atom is 0.0900 e. The summed E-state index contributed by atoms with van der Waals surface area (Å²) < 4.78 is 10.5. The fraction of sp³-hybridized carbons (Fsp3) is 0.556. The molecule has 1 atom stereocenters. The minimum atomic E-state index is -0.512. The lowest BCUT2D eigenvalue weighted by Crippen LogP contribution is -2.36. The second-order valence-corrected chi connectivity index (χ2v) is 5.64. The van der Waals surface area contributed by atoms with Gasteiger partial charge in [0.15, 0.2) is 0 Å². The lowest BCUT2D eigenvalue weighted by Gasteiger charge is -2.25. The fourth-order valence-electron chi connectivity index (χ4n) is 2.30. The van der Waals surface area contributed by atoms with Gasteiger partial charge in [0, 0.05) is 26.7 Å². The number of methoxy groups -OCH3 is 1. The van der Waals surface area contributed by atoms with Crippen LogP contribution in [0.1, 0.15) is 16.7 Å². The first-order valence-corrected chi connectivity index (χ1v) is 7.71. The van der Waals surface area contributed by atoms with Gasteiger partial charge in [0.2, 0.25) is 0 Å². The van der Waals surface area contributed by atoms with Crippen molar-refractivity contribution in [3.05, 3.63) is 47.5 Å². The van der Waals surface area contributed by atoms with Gasteiger partial charge in [0.25, 0.3) is 0 Å². The van der Waals surface area contributed by atoms with Gasteiger partial charge >= 0.3 is 0 Å². The van der Waals surface area contributed by atoms with Crippen LogP contribution in [-0.2, 0) is 16.0 Å². The first-order chi connectivity index (χ1) is 10.6. The topological polar surface area (TPSA) is 41.9 Å². The van der Waals surface area contributed by atoms with E-state index >= 15 is 0 Å². The summed E-state index contributed by atoms with van der Waals surface area (Å²) in [5.41, 5.74) is 3.81. The van der Waals surface area contributed by atoms with Crippen molar-refractivity contribution in [3.8, 4) is 0 Å². The molecule has 0 heterocycles. The second kappa shape index (κ2) is 10.5. The zero-order chi connectivity index (χ0) is 16.4. The minimum absolute atomic E-state index is 0.322. The Labute approximate surface area is 134 Å². The molecule has 0 bridgehead atoms. The third-order valence-electron chi connectivity index (χ3n) is 3.53. The van der Waals surface area contributed by atoms with Crippen LogP contribution in [0.2, 0.25) is 0 Å². The van der Waals surface area contributed by atoms with Crippen LogP contribution in [0.3, 0.4) is 0 Å². The Balaban J connectivity index is 2.62. The highest BCUT2D eigenvalue weighted by molar-refractivity contribution is 5.30. The van der Waals surface area contributed by atoms with Gasteiger partial charge in [-0.2, -0.15) is 0 Å². The average molecular weight is 307 g/mol. The van der Waals surface area contributed by atoms with Crippen molar-refractivity contribution in [3.63, 3.8) is 0 Å². The molecule has 4 nitrogen and oxygen atoms in total. The smallest absolute Gasteiger partial charge is 0.0900 e. The van der Waals surface area contributed by atoms with Crippen LogP contribution in [0.25, 0.3) is 0 Å². The molecule has 1 aromatic carbocycles. The highest BCUT2D eigenvalue weighted by Gasteiger charge is 2.13. The molecule has 0 saturated heterocycles. The van der Waals surface area contributed by atoms with Gasteiger partial charge in [-0.1, -0.05) is 29.8 Å². The highest BCUT2D eigenvalue weighted by Crippen LogP contribution is 2.13. The van der Waals surface area contributed by atoms with Crippen LogP contribution in [0.4, 0.5) is 0 Å². The lowest BCUT2D eigenvalue weighted by atomic mass is 10.1. The van der Waals surface area contributed by atoms with E-state index < -0.39 is 6.10 Å². The molecule has 22 heavy (non-hydrogen) atoms. The maximum atomic E-state index is 10.1. The Bertz CT molecular complexity index is 448. The second-order valence-electron chi connectivity index (χ2n) is 5.64. The number of hydrogen-bond donors (Lipinski definition) is 1. The quantitative estimate of drug-likeness (QED) is 0.503. The van der Waals surface area contributed by atoms with Gasteiger partial charge in [0.1, 0.15) is 0 Å². The third kappa shape index (κ3) is 7.18. The van der Waals surface area contributed by atoms with Crippen molar-refractivity contribution in [2.45, 2.75) is 26.5 Å². The molecule has 0 saturated carbocycles. The summed E-state index contributed by atoms with van der Waals surface area (Å²) in [6.07, 6.45) is 1.17. The van der Waals surface area contributed by atoms with Gasteiger partial charge in [-0.15, -0.1) is 6.58 Å². The van der Waals surface area contributed by atoms with E-state index in [0.29, 0.717) is 26.4 Å². The van der Waals surface area contributed by atoms with Crippen LogP contribution in [0.5, 0.6) is 0 Å². The molecule has 0 fully saturated rings. The molecular weight excluding hydrogens is 278 g/mol. The van der Waals surface area contributed by atoms with Gasteiger partial charge in [0.05, 0.1) is 25.9 Å². The van der Waals surface area contributed by atoms with E-state index in [1.54, 1.807) is 13.2 Å². The molecule has 1 aromatic rings. The van der Waals surface area contributed by atoms with E-state index in [4.69, 9.17) is 9.47 Å². The zero-order valence-corrected chi connectivity index (χ0v) is 14.0. The van der Waals surface area contributed by atoms with E-state index in [2.05, 4.69) is 43.5 Å². The Hall–Kier alpha value is -1.20. The summed E-state index contributed by atoms with van der Waals surface area (Å²) in [5.74, 6) is 0. The normalized spacial score (nSPS) is 12.6. The minimum Gasteiger partial charge on any atom is -0.389 e. The molecule has 1 N–H and O–H groups in total. The molecule has 0 aromatic heterocycles. The molecule has 0 aliphatic rings. The van der Waals surface area contributed by atoms with Crippen LogP contribution < -0.4 is 0 Å². The summed E-state index contributed by atoms with van der Waals surface area (Å²) in [4.78, 5) is 2.20. The van der Waals surface area contributed by atoms with Crippen LogP contribution in [0.15, 0.2) is 30.9 Å².